The Labute approximate surface area is 125 Å². The van der Waals surface area contributed by atoms with Gasteiger partial charge in [0.1, 0.15) is 0 Å². The number of ether oxygens (including phenoxy) is 2. The second-order valence-corrected chi connectivity index (χ2v) is 7.00. The SMILES string of the molecule is CC(C)=CCC/C(C)=C/CC(C)(C)C1OCCC(C)O1. The summed E-state index contributed by atoms with van der Waals surface area (Å²) in [7, 11) is 0. The second kappa shape index (κ2) is 7.99. The Balaban J connectivity index is 2.46. The zero-order valence-corrected chi connectivity index (χ0v) is 14.2. The first-order chi connectivity index (χ1) is 9.31. The van der Waals surface area contributed by atoms with Crippen molar-refractivity contribution in [2.24, 2.45) is 5.41 Å². The normalized spacial score (nSPS) is 24.6. The first kappa shape index (κ1) is 17.5. The summed E-state index contributed by atoms with van der Waals surface area (Å²) in [6, 6.07) is 0. The Morgan fingerprint density at radius 1 is 1.20 bits per heavy atom. The molecule has 0 aromatic carbocycles. The zero-order chi connectivity index (χ0) is 15.2. The molecule has 116 valence electrons. The molecule has 0 aliphatic carbocycles. The van der Waals surface area contributed by atoms with Crippen LogP contribution in [-0.2, 0) is 9.47 Å². The van der Waals surface area contributed by atoms with Gasteiger partial charge in [-0.3, -0.25) is 0 Å². The molecule has 0 saturated carbocycles. The summed E-state index contributed by atoms with van der Waals surface area (Å²) in [6.45, 7) is 13.9. The molecule has 0 radical (unpaired) electrons. The van der Waals surface area contributed by atoms with Crippen molar-refractivity contribution in [3.05, 3.63) is 23.3 Å². The highest BCUT2D eigenvalue weighted by Crippen LogP contribution is 2.33. The lowest BCUT2D eigenvalue weighted by molar-refractivity contribution is -0.251. The monoisotopic (exact) mass is 280 g/mol. The van der Waals surface area contributed by atoms with Crippen LogP contribution in [0.1, 0.15) is 67.2 Å². The Morgan fingerprint density at radius 3 is 2.50 bits per heavy atom. The fourth-order valence-corrected chi connectivity index (χ4v) is 2.29. The van der Waals surface area contributed by atoms with Crippen molar-refractivity contribution in [2.45, 2.75) is 79.6 Å². The van der Waals surface area contributed by atoms with Gasteiger partial charge < -0.3 is 9.47 Å². The highest BCUT2D eigenvalue weighted by Gasteiger charge is 2.34. The van der Waals surface area contributed by atoms with E-state index in [4.69, 9.17) is 9.47 Å². The van der Waals surface area contributed by atoms with Gasteiger partial charge in [0, 0.05) is 5.41 Å². The van der Waals surface area contributed by atoms with E-state index in [-0.39, 0.29) is 11.7 Å². The molecule has 0 bridgehead atoms. The van der Waals surface area contributed by atoms with E-state index in [9.17, 15) is 0 Å². The van der Waals surface area contributed by atoms with Crippen LogP contribution in [0.15, 0.2) is 23.3 Å². The lowest BCUT2D eigenvalue weighted by Crippen LogP contribution is -2.41. The van der Waals surface area contributed by atoms with E-state index in [2.05, 4.69) is 53.7 Å². The average molecular weight is 280 g/mol. The Kier molecular flexibility index (Phi) is 6.97. The highest BCUT2D eigenvalue weighted by molar-refractivity contribution is 5.03. The van der Waals surface area contributed by atoms with Crippen LogP contribution in [0.4, 0.5) is 0 Å². The molecule has 1 fully saturated rings. The summed E-state index contributed by atoms with van der Waals surface area (Å²) in [5.74, 6) is 0. The maximum absolute atomic E-state index is 5.93. The van der Waals surface area contributed by atoms with Gasteiger partial charge in [-0.05, 0) is 53.4 Å². The predicted octanol–water partition coefficient (Wildman–Crippen LogP) is 5.25. The summed E-state index contributed by atoms with van der Waals surface area (Å²) < 4.78 is 11.7. The Hall–Kier alpha value is -0.600. The van der Waals surface area contributed by atoms with Crippen molar-refractivity contribution < 1.29 is 9.47 Å². The van der Waals surface area contributed by atoms with Crippen molar-refractivity contribution in [2.75, 3.05) is 6.61 Å². The van der Waals surface area contributed by atoms with Gasteiger partial charge in [-0.25, -0.2) is 0 Å². The van der Waals surface area contributed by atoms with E-state index < -0.39 is 0 Å². The molecule has 0 aromatic heterocycles. The number of hydrogen-bond acceptors (Lipinski definition) is 2. The number of rotatable bonds is 6. The fourth-order valence-electron chi connectivity index (χ4n) is 2.29. The molecule has 1 saturated heterocycles. The van der Waals surface area contributed by atoms with E-state index in [0.717, 1.165) is 32.3 Å². The zero-order valence-electron chi connectivity index (χ0n) is 14.2. The minimum atomic E-state index is -0.0758. The summed E-state index contributed by atoms with van der Waals surface area (Å²) in [5.41, 5.74) is 2.89. The molecule has 0 spiro atoms. The molecule has 2 nitrogen and oxygen atoms in total. The molecule has 0 N–H and O–H groups in total. The van der Waals surface area contributed by atoms with Gasteiger partial charge in [-0.15, -0.1) is 0 Å². The van der Waals surface area contributed by atoms with Gasteiger partial charge in [0.2, 0.25) is 0 Å². The summed E-state index contributed by atoms with van der Waals surface area (Å²) in [5, 5.41) is 0. The van der Waals surface area contributed by atoms with Gasteiger partial charge in [0.15, 0.2) is 6.29 Å². The molecular formula is C18H32O2. The van der Waals surface area contributed by atoms with Crippen LogP contribution in [0.2, 0.25) is 0 Å². The molecule has 0 amide bonds. The molecule has 2 unspecified atom stereocenters. The summed E-state index contributed by atoms with van der Waals surface area (Å²) in [4.78, 5) is 0. The van der Waals surface area contributed by atoms with Crippen LogP contribution >= 0.6 is 0 Å². The number of allylic oxidation sites excluding steroid dienone is 4. The van der Waals surface area contributed by atoms with Crippen LogP contribution in [0.5, 0.6) is 0 Å². The standard InChI is InChI=1S/C18H32O2/c1-14(2)8-7-9-15(3)10-12-18(5,6)17-19-13-11-16(4)20-17/h8,10,16-17H,7,9,11-13H2,1-6H3/b15-10+. The third-order valence-electron chi connectivity index (χ3n) is 3.86. The fraction of sp³-hybridized carbons (Fsp3) is 0.778. The lowest BCUT2D eigenvalue weighted by atomic mass is 9.86. The van der Waals surface area contributed by atoms with Crippen molar-refractivity contribution in [1.29, 1.82) is 0 Å². The first-order valence-corrected chi connectivity index (χ1v) is 7.87. The summed E-state index contributed by atoms with van der Waals surface area (Å²) >= 11 is 0. The van der Waals surface area contributed by atoms with Crippen LogP contribution in [0.25, 0.3) is 0 Å². The lowest BCUT2D eigenvalue weighted by Gasteiger charge is -2.38. The third kappa shape index (κ3) is 6.23. The van der Waals surface area contributed by atoms with E-state index >= 15 is 0 Å². The van der Waals surface area contributed by atoms with E-state index in [1.165, 1.54) is 11.1 Å². The predicted molar refractivity (Wildman–Crippen MR) is 85.7 cm³/mol. The van der Waals surface area contributed by atoms with E-state index in [1.807, 2.05) is 0 Å². The molecule has 1 aliphatic heterocycles. The maximum Gasteiger partial charge on any atom is 0.163 e. The molecule has 20 heavy (non-hydrogen) atoms. The minimum Gasteiger partial charge on any atom is -0.352 e. The highest BCUT2D eigenvalue weighted by atomic mass is 16.7. The smallest absolute Gasteiger partial charge is 0.163 e. The van der Waals surface area contributed by atoms with E-state index in [1.54, 1.807) is 0 Å². The van der Waals surface area contributed by atoms with Crippen LogP contribution in [0, 0.1) is 5.41 Å². The molecule has 1 heterocycles. The van der Waals surface area contributed by atoms with Gasteiger partial charge >= 0.3 is 0 Å². The molecular weight excluding hydrogens is 248 g/mol. The van der Waals surface area contributed by atoms with Crippen molar-refractivity contribution in [3.63, 3.8) is 0 Å². The Bertz CT molecular complexity index is 348. The van der Waals surface area contributed by atoms with Crippen LogP contribution in [0.3, 0.4) is 0 Å². The van der Waals surface area contributed by atoms with Crippen LogP contribution in [-0.4, -0.2) is 19.0 Å². The molecule has 2 heteroatoms. The molecule has 1 rings (SSSR count). The first-order valence-electron chi connectivity index (χ1n) is 7.87. The molecule has 2 atom stereocenters. The number of hydrogen-bond donors (Lipinski definition) is 0. The maximum atomic E-state index is 5.93. The second-order valence-electron chi connectivity index (χ2n) is 7.00. The van der Waals surface area contributed by atoms with Crippen LogP contribution < -0.4 is 0 Å². The quantitative estimate of drug-likeness (QED) is 0.619. The third-order valence-corrected chi connectivity index (χ3v) is 3.86. The largest absolute Gasteiger partial charge is 0.352 e. The Morgan fingerprint density at radius 2 is 1.90 bits per heavy atom. The van der Waals surface area contributed by atoms with Crippen molar-refractivity contribution in [3.8, 4) is 0 Å². The van der Waals surface area contributed by atoms with Crippen molar-refractivity contribution >= 4 is 0 Å². The van der Waals surface area contributed by atoms with E-state index in [0.29, 0.717) is 6.10 Å². The van der Waals surface area contributed by atoms with Gasteiger partial charge in [-0.1, -0.05) is 37.1 Å². The van der Waals surface area contributed by atoms with Crippen molar-refractivity contribution in [1.82, 2.24) is 0 Å². The molecule has 0 aromatic rings. The van der Waals surface area contributed by atoms with Gasteiger partial charge in [0.25, 0.3) is 0 Å². The average Bonchev–Trinajstić information content (AvgIpc) is 2.36. The molecule has 1 aliphatic rings. The van der Waals surface area contributed by atoms with Gasteiger partial charge in [-0.2, -0.15) is 0 Å². The van der Waals surface area contributed by atoms with Gasteiger partial charge in [0.05, 0.1) is 12.7 Å². The summed E-state index contributed by atoms with van der Waals surface area (Å²) in [6.07, 6.45) is 9.18. The topological polar surface area (TPSA) is 18.5 Å². The minimum absolute atomic E-state index is 0.0342.